The molecule has 1 aromatic carbocycles. The van der Waals surface area contributed by atoms with Gasteiger partial charge >= 0.3 is 6.18 Å². The topological polar surface area (TPSA) is 55.8 Å². The van der Waals surface area contributed by atoms with Crippen LogP contribution >= 0.6 is 0 Å². The average molecular weight is 339 g/mol. The molecule has 1 fully saturated rings. The summed E-state index contributed by atoms with van der Waals surface area (Å²) in [6.07, 6.45) is -5.33. The standard InChI is InChI=1S/C13H16F3NO4S/c14-13(15,16)5-8-21-11-1-3-12(4-2-11)22(18,19)17-6-9-20-10-7-17/h1-4H,5-10H2. The van der Waals surface area contributed by atoms with E-state index in [4.69, 9.17) is 9.47 Å². The highest BCUT2D eigenvalue weighted by Crippen LogP contribution is 2.22. The van der Waals surface area contributed by atoms with E-state index in [1.54, 1.807) is 0 Å². The zero-order valence-electron chi connectivity index (χ0n) is 11.7. The molecule has 0 amide bonds. The van der Waals surface area contributed by atoms with E-state index in [9.17, 15) is 21.6 Å². The van der Waals surface area contributed by atoms with E-state index in [2.05, 4.69) is 0 Å². The lowest BCUT2D eigenvalue weighted by Crippen LogP contribution is -2.40. The van der Waals surface area contributed by atoms with Crippen molar-refractivity contribution in [1.82, 2.24) is 4.31 Å². The van der Waals surface area contributed by atoms with Crippen LogP contribution in [0.2, 0.25) is 0 Å². The first-order valence-electron chi connectivity index (χ1n) is 6.66. The van der Waals surface area contributed by atoms with Crippen LogP contribution in [0.5, 0.6) is 5.75 Å². The van der Waals surface area contributed by atoms with Gasteiger partial charge in [0.25, 0.3) is 0 Å². The van der Waals surface area contributed by atoms with Crippen LogP contribution in [0.3, 0.4) is 0 Å². The van der Waals surface area contributed by atoms with Crippen LogP contribution < -0.4 is 4.74 Å². The zero-order valence-corrected chi connectivity index (χ0v) is 12.5. The predicted molar refractivity (Wildman–Crippen MR) is 72.2 cm³/mol. The van der Waals surface area contributed by atoms with Gasteiger partial charge in [-0.05, 0) is 24.3 Å². The predicted octanol–water partition coefficient (Wildman–Crippen LogP) is 2.04. The second-order valence-electron chi connectivity index (χ2n) is 4.70. The van der Waals surface area contributed by atoms with Crippen molar-refractivity contribution in [2.24, 2.45) is 0 Å². The van der Waals surface area contributed by atoms with Gasteiger partial charge < -0.3 is 9.47 Å². The van der Waals surface area contributed by atoms with Gasteiger partial charge in [0.1, 0.15) is 5.75 Å². The first kappa shape index (κ1) is 17.0. The summed E-state index contributed by atoms with van der Waals surface area (Å²) in [6.45, 7) is 0.757. The van der Waals surface area contributed by atoms with Crippen molar-refractivity contribution >= 4 is 10.0 Å². The highest BCUT2D eigenvalue weighted by Gasteiger charge is 2.27. The third kappa shape index (κ3) is 4.59. The Bertz CT molecular complexity index is 580. The Balaban J connectivity index is 1.99. The molecule has 0 aliphatic carbocycles. The molecule has 0 N–H and O–H groups in total. The normalized spacial score (nSPS) is 17.4. The first-order valence-corrected chi connectivity index (χ1v) is 8.10. The number of hydrogen-bond acceptors (Lipinski definition) is 4. The molecule has 124 valence electrons. The van der Waals surface area contributed by atoms with E-state index >= 15 is 0 Å². The quantitative estimate of drug-likeness (QED) is 0.824. The number of alkyl halides is 3. The maximum Gasteiger partial charge on any atom is 0.392 e. The Morgan fingerprint density at radius 3 is 2.27 bits per heavy atom. The van der Waals surface area contributed by atoms with Crippen LogP contribution in [0, 0.1) is 0 Å². The van der Waals surface area contributed by atoms with Gasteiger partial charge in [-0.1, -0.05) is 0 Å². The van der Waals surface area contributed by atoms with Gasteiger partial charge in [-0.3, -0.25) is 0 Å². The van der Waals surface area contributed by atoms with Crippen molar-refractivity contribution in [1.29, 1.82) is 0 Å². The Morgan fingerprint density at radius 1 is 1.14 bits per heavy atom. The second kappa shape index (κ2) is 6.84. The van der Waals surface area contributed by atoms with E-state index < -0.39 is 29.2 Å². The van der Waals surface area contributed by atoms with E-state index in [-0.39, 0.29) is 23.7 Å². The van der Waals surface area contributed by atoms with Crippen LogP contribution in [-0.2, 0) is 14.8 Å². The van der Waals surface area contributed by atoms with E-state index in [0.29, 0.717) is 13.2 Å². The molecule has 0 radical (unpaired) electrons. The lowest BCUT2D eigenvalue weighted by molar-refractivity contribution is -0.139. The van der Waals surface area contributed by atoms with Crippen LogP contribution in [0.1, 0.15) is 6.42 Å². The zero-order chi connectivity index (χ0) is 16.2. The third-order valence-corrected chi connectivity index (χ3v) is 5.00. The minimum Gasteiger partial charge on any atom is -0.493 e. The molecule has 1 aliphatic rings. The summed E-state index contributed by atoms with van der Waals surface area (Å²) in [5, 5.41) is 0. The molecule has 1 heterocycles. The average Bonchev–Trinajstić information content (AvgIpc) is 2.47. The Hall–Kier alpha value is -1.32. The molecule has 9 heteroatoms. The SMILES string of the molecule is O=S(=O)(c1ccc(OCCC(F)(F)F)cc1)N1CCOCC1. The van der Waals surface area contributed by atoms with Gasteiger partial charge in [-0.25, -0.2) is 8.42 Å². The molecule has 1 saturated heterocycles. The van der Waals surface area contributed by atoms with Gasteiger partial charge in [0, 0.05) is 13.1 Å². The van der Waals surface area contributed by atoms with Gasteiger partial charge in [0.2, 0.25) is 10.0 Å². The summed E-state index contributed by atoms with van der Waals surface area (Å²) in [4.78, 5) is 0.0811. The molecule has 1 aromatic rings. The molecule has 5 nitrogen and oxygen atoms in total. The number of rotatable bonds is 5. The summed E-state index contributed by atoms with van der Waals surface area (Å²) in [5.41, 5.74) is 0. The highest BCUT2D eigenvalue weighted by molar-refractivity contribution is 7.89. The Labute approximate surface area is 126 Å². The molecule has 0 aromatic heterocycles. The first-order chi connectivity index (χ1) is 10.3. The number of halogens is 3. The number of sulfonamides is 1. The molecule has 0 saturated carbocycles. The molecular weight excluding hydrogens is 323 g/mol. The Morgan fingerprint density at radius 2 is 1.73 bits per heavy atom. The minimum absolute atomic E-state index is 0.0811. The Kier molecular flexibility index (Phi) is 5.30. The molecule has 0 atom stereocenters. The lowest BCUT2D eigenvalue weighted by atomic mass is 10.3. The molecule has 22 heavy (non-hydrogen) atoms. The fourth-order valence-electron chi connectivity index (χ4n) is 1.93. The summed E-state index contributed by atoms with van der Waals surface area (Å²) in [7, 11) is -3.60. The van der Waals surface area contributed by atoms with Crippen LogP contribution in [0.15, 0.2) is 29.2 Å². The van der Waals surface area contributed by atoms with E-state index in [1.165, 1.54) is 28.6 Å². The molecule has 0 unspecified atom stereocenters. The maximum atomic E-state index is 12.3. The van der Waals surface area contributed by atoms with Crippen molar-refractivity contribution < 1.29 is 31.1 Å². The second-order valence-corrected chi connectivity index (χ2v) is 6.64. The fourth-order valence-corrected chi connectivity index (χ4v) is 3.34. The molecule has 1 aliphatic heterocycles. The number of benzene rings is 1. The molecule has 0 bridgehead atoms. The van der Waals surface area contributed by atoms with E-state index in [1.807, 2.05) is 0 Å². The van der Waals surface area contributed by atoms with Crippen LogP contribution in [-0.4, -0.2) is 51.8 Å². The lowest BCUT2D eigenvalue weighted by Gasteiger charge is -2.26. The molecule has 2 rings (SSSR count). The van der Waals surface area contributed by atoms with Gasteiger partial charge in [-0.2, -0.15) is 17.5 Å². The molecular formula is C13H16F3NO4S. The third-order valence-electron chi connectivity index (χ3n) is 3.09. The summed E-state index contributed by atoms with van der Waals surface area (Å²) in [6, 6.07) is 5.36. The monoisotopic (exact) mass is 339 g/mol. The fraction of sp³-hybridized carbons (Fsp3) is 0.538. The van der Waals surface area contributed by atoms with Crippen molar-refractivity contribution in [2.45, 2.75) is 17.5 Å². The number of ether oxygens (including phenoxy) is 2. The van der Waals surface area contributed by atoms with E-state index in [0.717, 1.165) is 0 Å². The summed E-state index contributed by atoms with van der Waals surface area (Å²) >= 11 is 0. The molecule has 0 spiro atoms. The summed E-state index contributed by atoms with van der Waals surface area (Å²) < 4.78 is 72.0. The van der Waals surface area contributed by atoms with Gasteiger partial charge in [-0.15, -0.1) is 0 Å². The number of morpholine rings is 1. The van der Waals surface area contributed by atoms with Crippen molar-refractivity contribution in [3.63, 3.8) is 0 Å². The minimum atomic E-state index is -4.28. The van der Waals surface area contributed by atoms with Gasteiger partial charge in [0.05, 0.1) is 31.1 Å². The van der Waals surface area contributed by atoms with Crippen LogP contribution in [0.25, 0.3) is 0 Å². The van der Waals surface area contributed by atoms with Crippen molar-refractivity contribution in [3.8, 4) is 5.75 Å². The van der Waals surface area contributed by atoms with Gasteiger partial charge in [0.15, 0.2) is 0 Å². The van der Waals surface area contributed by atoms with Crippen molar-refractivity contribution in [3.05, 3.63) is 24.3 Å². The van der Waals surface area contributed by atoms with Crippen molar-refractivity contribution in [2.75, 3.05) is 32.9 Å². The number of hydrogen-bond donors (Lipinski definition) is 0. The number of nitrogens with zero attached hydrogens (tertiary/aromatic N) is 1. The smallest absolute Gasteiger partial charge is 0.392 e. The summed E-state index contributed by atoms with van der Waals surface area (Å²) in [5.74, 6) is 0.199. The highest BCUT2D eigenvalue weighted by atomic mass is 32.2. The largest absolute Gasteiger partial charge is 0.493 e. The maximum absolute atomic E-state index is 12.3. The van der Waals surface area contributed by atoms with Crippen LogP contribution in [0.4, 0.5) is 13.2 Å².